The molecule has 34 heavy (non-hydrogen) atoms. The molecule has 2 atom stereocenters. The predicted molar refractivity (Wildman–Crippen MR) is 132 cm³/mol. The van der Waals surface area contributed by atoms with Crippen LogP contribution in [0.4, 0.5) is 0 Å². The average Bonchev–Trinajstić information content (AvgIpc) is 2.76. The molecule has 0 radical (unpaired) electrons. The van der Waals surface area contributed by atoms with E-state index in [-0.39, 0.29) is 30.6 Å². The standard InChI is InChI=1S/C27H30ClNO5/c1-17(12-26(30)31)10-21(11-18(2)13-27(32)33)20-4-3-5-24(14-20)34-16-23-9-7-19-6-8-22(28)15-25(19)29-23/h3-9,14-15,17-18,21H,10-13,16H2,1-2H3,(H,30,31)(H,32,33). The van der Waals surface area contributed by atoms with Crippen molar-refractivity contribution in [2.24, 2.45) is 11.8 Å². The third-order valence-corrected chi connectivity index (χ3v) is 6.08. The maximum absolute atomic E-state index is 11.2. The van der Waals surface area contributed by atoms with Gasteiger partial charge < -0.3 is 14.9 Å². The first-order valence-corrected chi connectivity index (χ1v) is 11.8. The van der Waals surface area contributed by atoms with Crippen LogP contribution in [0.5, 0.6) is 5.75 Å². The second-order valence-corrected chi connectivity index (χ2v) is 9.51. The lowest BCUT2D eigenvalue weighted by molar-refractivity contribution is -0.138. The average molecular weight is 484 g/mol. The van der Waals surface area contributed by atoms with Gasteiger partial charge in [-0.3, -0.25) is 9.59 Å². The van der Waals surface area contributed by atoms with Gasteiger partial charge in [-0.25, -0.2) is 4.98 Å². The Morgan fingerprint density at radius 1 is 0.941 bits per heavy atom. The van der Waals surface area contributed by atoms with E-state index >= 15 is 0 Å². The number of aromatic nitrogens is 1. The Hall–Kier alpha value is -3.12. The summed E-state index contributed by atoms with van der Waals surface area (Å²) in [5, 5.41) is 20.0. The number of nitrogens with zero attached hydrogens (tertiary/aromatic N) is 1. The molecule has 0 aliphatic rings. The van der Waals surface area contributed by atoms with Gasteiger partial charge in [0, 0.05) is 23.3 Å². The number of ether oxygens (including phenoxy) is 1. The number of rotatable bonds is 12. The molecule has 180 valence electrons. The van der Waals surface area contributed by atoms with E-state index in [2.05, 4.69) is 4.98 Å². The normalized spacial score (nSPS) is 13.9. The minimum atomic E-state index is -0.828. The number of carbonyl (C=O) groups is 2. The summed E-state index contributed by atoms with van der Waals surface area (Å²) < 4.78 is 6.02. The monoisotopic (exact) mass is 483 g/mol. The Kier molecular flexibility index (Phi) is 8.88. The zero-order valence-electron chi connectivity index (χ0n) is 19.4. The number of halogens is 1. The summed E-state index contributed by atoms with van der Waals surface area (Å²) in [5.41, 5.74) is 2.61. The van der Waals surface area contributed by atoms with Crippen LogP contribution in [0, 0.1) is 11.8 Å². The summed E-state index contributed by atoms with van der Waals surface area (Å²) >= 11 is 6.08. The van der Waals surface area contributed by atoms with Crippen molar-refractivity contribution in [3.63, 3.8) is 0 Å². The van der Waals surface area contributed by atoms with Crippen molar-refractivity contribution in [2.75, 3.05) is 0 Å². The highest BCUT2D eigenvalue weighted by Gasteiger charge is 2.21. The molecule has 0 saturated heterocycles. The molecule has 0 aliphatic carbocycles. The molecule has 0 amide bonds. The Balaban J connectivity index is 1.74. The van der Waals surface area contributed by atoms with Crippen LogP contribution in [0.3, 0.4) is 0 Å². The van der Waals surface area contributed by atoms with E-state index in [1.165, 1.54) is 0 Å². The van der Waals surface area contributed by atoms with Gasteiger partial charge in [0.1, 0.15) is 12.4 Å². The second-order valence-electron chi connectivity index (χ2n) is 9.08. The lowest BCUT2D eigenvalue weighted by Gasteiger charge is -2.24. The van der Waals surface area contributed by atoms with Crippen molar-refractivity contribution in [3.8, 4) is 5.75 Å². The lowest BCUT2D eigenvalue weighted by atomic mass is 9.81. The van der Waals surface area contributed by atoms with Crippen LogP contribution < -0.4 is 4.74 Å². The van der Waals surface area contributed by atoms with Crippen LogP contribution in [-0.4, -0.2) is 27.1 Å². The van der Waals surface area contributed by atoms with Crippen molar-refractivity contribution in [2.45, 2.75) is 52.1 Å². The van der Waals surface area contributed by atoms with Gasteiger partial charge in [-0.05, 0) is 66.5 Å². The largest absolute Gasteiger partial charge is 0.487 e. The van der Waals surface area contributed by atoms with Gasteiger partial charge in [0.15, 0.2) is 0 Å². The molecule has 0 fully saturated rings. The number of hydrogen-bond acceptors (Lipinski definition) is 4. The van der Waals surface area contributed by atoms with Crippen molar-refractivity contribution >= 4 is 34.4 Å². The molecule has 0 bridgehead atoms. The number of fused-ring (bicyclic) bond motifs is 1. The minimum Gasteiger partial charge on any atom is -0.487 e. The Bertz CT molecular complexity index is 1120. The molecule has 0 spiro atoms. The predicted octanol–water partition coefficient (Wildman–Crippen LogP) is 6.55. The number of carboxylic acid groups (broad SMARTS) is 2. The molecular formula is C27H30ClNO5. The third-order valence-electron chi connectivity index (χ3n) is 5.85. The van der Waals surface area contributed by atoms with E-state index in [9.17, 15) is 9.59 Å². The molecule has 1 heterocycles. The first kappa shape index (κ1) is 25.5. The summed E-state index contributed by atoms with van der Waals surface area (Å²) in [5.74, 6) is -0.993. The van der Waals surface area contributed by atoms with Gasteiger partial charge in [-0.1, -0.05) is 49.7 Å². The summed E-state index contributed by atoms with van der Waals surface area (Å²) in [6, 6.07) is 17.2. The molecule has 3 aromatic rings. The molecule has 0 aliphatic heterocycles. The first-order valence-electron chi connectivity index (χ1n) is 11.4. The number of hydrogen-bond donors (Lipinski definition) is 2. The number of benzene rings is 2. The molecule has 3 rings (SSSR count). The molecule has 7 heteroatoms. The van der Waals surface area contributed by atoms with Crippen LogP contribution in [0.2, 0.25) is 5.02 Å². The minimum absolute atomic E-state index is 0.0299. The van der Waals surface area contributed by atoms with Crippen LogP contribution in [0.1, 0.15) is 56.7 Å². The summed E-state index contributed by atoms with van der Waals surface area (Å²) in [6.45, 7) is 4.13. The molecular weight excluding hydrogens is 454 g/mol. The van der Waals surface area contributed by atoms with Gasteiger partial charge in [0.25, 0.3) is 0 Å². The Labute approximate surface area is 204 Å². The van der Waals surface area contributed by atoms with Crippen molar-refractivity contribution in [3.05, 3.63) is 70.9 Å². The van der Waals surface area contributed by atoms with Crippen molar-refractivity contribution in [1.82, 2.24) is 4.98 Å². The smallest absolute Gasteiger partial charge is 0.303 e. The van der Waals surface area contributed by atoms with Crippen LogP contribution >= 0.6 is 11.6 Å². The van der Waals surface area contributed by atoms with E-state index in [0.29, 0.717) is 30.2 Å². The third kappa shape index (κ3) is 7.73. The van der Waals surface area contributed by atoms with Crippen LogP contribution in [0.15, 0.2) is 54.6 Å². The quantitative estimate of drug-likeness (QED) is 0.303. The first-order chi connectivity index (χ1) is 16.2. The Morgan fingerprint density at radius 3 is 2.24 bits per heavy atom. The SMILES string of the molecule is CC(CC(=O)O)CC(CC(C)CC(=O)O)c1cccc(OCc2ccc3ccc(Cl)cc3n2)c1. The Morgan fingerprint density at radius 2 is 1.59 bits per heavy atom. The number of aliphatic carboxylic acids is 2. The van der Waals surface area contributed by atoms with E-state index in [1.54, 1.807) is 0 Å². The highest BCUT2D eigenvalue weighted by molar-refractivity contribution is 6.31. The van der Waals surface area contributed by atoms with E-state index in [4.69, 9.17) is 26.6 Å². The number of carboxylic acids is 2. The van der Waals surface area contributed by atoms with Gasteiger partial charge in [-0.2, -0.15) is 0 Å². The van der Waals surface area contributed by atoms with E-state index < -0.39 is 11.9 Å². The zero-order chi connectivity index (χ0) is 24.7. The van der Waals surface area contributed by atoms with Gasteiger partial charge in [-0.15, -0.1) is 0 Å². The fraction of sp³-hybridized carbons (Fsp3) is 0.370. The topological polar surface area (TPSA) is 96.7 Å². The van der Waals surface area contributed by atoms with E-state index in [0.717, 1.165) is 22.2 Å². The summed E-state index contributed by atoms with van der Waals surface area (Å²) in [6.07, 6.45) is 1.48. The van der Waals surface area contributed by atoms with Crippen molar-refractivity contribution < 1.29 is 24.5 Å². The van der Waals surface area contributed by atoms with Gasteiger partial charge in [0.2, 0.25) is 0 Å². The molecule has 2 unspecified atom stereocenters. The molecule has 2 aromatic carbocycles. The van der Waals surface area contributed by atoms with E-state index in [1.807, 2.05) is 68.4 Å². The van der Waals surface area contributed by atoms with Gasteiger partial charge >= 0.3 is 11.9 Å². The maximum atomic E-state index is 11.2. The molecule has 0 saturated carbocycles. The fourth-order valence-corrected chi connectivity index (χ4v) is 4.50. The lowest BCUT2D eigenvalue weighted by Crippen LogP contribution is -2.14. The summed E-state index contributed by atoms with van der Waals surface area (Å²) in [4.78, 5) is 26.9. The van der Waals surface area contributed by atoms with Crippen LogP contribution in [-0.2, 0) is 16.2 Å². The van der Waals surface area contributed by atoms with Crippen LogP contribution in [0.25, 0.3) is 10.9 Å². The molecule has 1 aromatic heterocycles. The second kappa shape index (κ2) is 11.8. The highest BCUT2D eigenvalue weighted by Crippen LogP contribution is 2.34. The van der Waals surface area contributed by atoms with Crippen molar-refractivity contribution in [1.29, 1.82) is 0 Å². The fourth-order valence-electron chi connectivity index (χ4n) is 4.33. The number of pyridine rings is 1. The van der Waals surface area contributed by atoms with Gasteiger partial charge in [0.05, 0.1) is 11.2 Å². The highest BCUT2D eigenvalue weighted by atomic mass is 35.5. The maximum Gasteiger partial charge on any atom is 0.303 e. The molecule has 6 nitrogen and oxygen atoms in total. The zero-order valence-corrected chi connectivity index (χ0v) is 20.2. The summed E-state index contributed by atoms with van der Waals surface area (Å²) in [7, 11) is 0. The molecule has 2 N–H and O–H groups in total.